The minimum Gasteiger partial charge on any atom is -0.465 e. The first-order valence-electron chi connectivity index (χ1n) is 7.71. The van der Waals surface area contributed by atoms with E-state index in [0.717, 1.165) is 23.2 Å². The second kappa shape index (κ2) is 8.01. The molecule has 24 heavy (non-hydrogen) atoms. The number of anilines is 1. The van der Waals surface area contributed by atoms with Crippen LogP contribution in [0.2, 0.25) is 0 Å². The van der Waals surface area contributed by atoms with Crippen LogP contribution in [0.25, 0.3) is 0 Å². The number of nitrogens with one attached hydrogen (secondary N) is 3. The Morgan fingerprint density at radius 2 is 1.79 bits per heavy atom. The van der Waals surface area contributed by atoms with Gasteiger partial charge in [0, 0.05) is 0 Å². The molecule has 4 N–H and O–H groups in total. The Kier molecular flexibility index (Phi) is 5.78. The van der Waals surface area contributed by atoms with Crippen LogP contribution in [-0.4, -0.2) is 17.1 Å². The fraction of sp³-hybridized carbons (Fsp3) is 0.222. The summed E-state index contributed by atoms with van der Waals surface area (Å²) in [5.74, 6) is -0.478. The molecule has 6 heteroatoms. The maximum absolute atomic E-state index is 12.5. The molecule has 0 radical (unpaired) electrons. The number of hydrogen-bond donors (Lipinski definition) is 4. The molecule has 1 unspecified atom stereocenters. The topological polar surface area (TPSA) is 90.5 Å². The number of carbonyl (C=O) groups is 2. The third-order valence-corrected chi connectivity index (χ3v) is 3.71. The number of carboxylic acid groups (broad SMARTS) is 1. The molecule has 0 aliphatic carbocycles. The molecule has 0 aliphatic rings. The number of amides is 2. The summed E-state index contributed by atoms with van der Waals surface area (Å²) in [6.45, 7) is 3.97. The van der Waals surface area contributed by atoms with Crippen LogP contribution in [0.4, 0.5) is 10.5 Å². The smallest absolute Gasteiger partial charge is 0.405 e. The van der Waals surface area contributed by atoms with Crippen LogP contribution >= 0.6 is 0 Å². The number of para-hydroxylation sites is 1. The van der Waals surface area contributed by atoms with Gasteiger partial charge in [0.25, 0.3) is 5.91 Å². The van der Waals surface area contributed by atoms with E-state index in [1.165, 1.54) is 0 Å². The molecule has 0 aromatic heterocycles. The van der Waals surface area contributed by atoms with Crippen molar-refractivity contribution in [1.82, 2.24) is 10.7 Å². The van der Waals surface area contributed by atoms with Gasteiger partial charge < -0.3 is 10.4 Å². The summed E-state index contributed by atoms with van der Waals surface area (Å²) >= 11 is 0. The molecule has 2 aromatic carbocycles. The van der Waals surface area contributed by atoms with E-state index in [2.05, 4.69) is 16.2 Å². The molecule has 0 spiro atoms. The molecule has 0 saturated carbocycles. The van der Waals surface area contributed by atoms with Crippen molar-refractivity contribution in [3.05, 3.63) is 65.2 Å². The maximum Gasteiger partial charge on any atom is 0.405 e. The first kappa shape index (κ1) is 17.3. The molecule has 6 nitrogen and oxygen atoms in total. The van der Waals surface area contributed by atoms with Crippen molar-refractivity contribution in [1.29, 1.82) is 0 Å². The van der Waals surface area contributed by atoms with E-state index in [1.807, 2.05) is 32.0 Å². The van der Waals surface area contributed by atoms with Crippen molar-refractivity contribution in [2.24, 2.45) is 0 Å². The molecule has 0 aliphatic heterocycles. The fourth-order valence-electron chi connectivity index (χ4n) is 2.47. The summed E-state index contributed by atoms with van der Waals surface area (Å²) in [6, 6.07) is 13.6. The zero-order valence-electron chi connectivity index (χ0n) is 13.7. The SMILES string of the molecule is CCc1cccc(C)c1NNC(=O)C(NC(=O)O)c1ccccc1. The van der Waals surface area contributed by atoms with Gasteiger partial charge in [-0.15, -0.1) is 0 Å². The van der Waals surface area contributed by atoms with Gasteiger partial charge in [0.15, 0.2) is 0 Å². The van der Waals surface area contributed by atoms with Crippen LogP contribution in [0.15, 0.2) is 48.5 Å². The second-order valence-electron chi connectivity index (χ2n) is 5.37. The predicted octanol–water partition coefficient (Wildman–Crippen LogP) is 3.01. The van der Waals surface area contributed by atoms with Gasteiger partial charge in [0.2, 0.25) is 0 Å². The predicted molar refractivity (Wildman–Crippen MR) is 92.7 cm³/mol. The molecule has 0 bridgehead atoms. The lowest BCUT2D eigenvalue weighted by Gasteiger charge is -2.20. The van der Waals surface area contributed by atoms with Crippen LogP contribution in [0.3, 0.4) is 0 Å². The van der Waals surface area contributed by atoms with Gasteiger partial charge in [-0.2, -0.15) is 0 Å². The second-order valence-corrected chi connectivity index (χ2v) is 5.37. The summed E-state index contributed by atoms with van der Waals surface area (Å²) in [4.78, 5) is 23.5. The number of rotatable bonds is 6. The first-order chi connectivity index (χ1) is 11.5. The highest BCUT2D eigenvalue weighted by atomic mass is 16.4. The zero-order valence-corrected chi connectivity index (χ0v) is 13.7. The minimum absolute atomic E-state index is 0.478. The normalized spacial score (nSPS) is 11.4. The van der Waals surface area contributed by atoms with Gasteiger partial charge in [0.1, 0.15) is 6.04 Å². The van der Waals surface area contributed by atoms with Gasteiger partial charge in [-0.05, 0) is 30.0 Å². The highest BCUT2D eigenvalue weighted by molar-refractivity contribution is 5.87. The lowest BCUT2D eigenvalue weighted by molar-refractivity contribution is -0.122. The Hall–Kier alpha value is -3.02. The molecular weight excluding hydrogens is 306 g/mol. The molecule has 126 valence electrons. The van der Waals surface area contributed by atoms with E-state index in [1.54, 1.807) is 30.3 Å². The van der Waals surface area contributed by atoms with E-state index in [0.29, 0.717) is 5.56 Å². The summed E-state index contributed by atoms with van der Waals surface area (Å²) < 4.78 is 0. The molecule has 2 rings (SSSR count). The number of benzene rings is 2. The van der Waals surface area contributed by atoms with Crippen molar-refractivity contribution in [2.45, 2.75) is 26.3 Å². The van der Waals surface area contributed by atoms with Crippen LogP contribution in [0, 0.1) is 6.92 Å². The van der Waals surface area contributed by atoms with E-state index in [9.17, 15) is 9.59 Å². The highest BCUT2D eigenvalue weighted by Gasteiger charge is 2.22. The summed E-state index contributed by atoms with van der Waals surface area (Å²) in [6.07, 6.45) is -0.445. The average Bonchev–Trinajstić information content (AvgIpc) is 2.58. The summed E-state index contributed by atoms with van der Waals surface area (Å²) in [5.41, 5.74) is 8.99. The zero-order chi connectivity index (χ0) is 17.5. The summed E-state index contributed by atoms with van der Waals surface area (Å²) in [5, 5.41) is 11.2. The third kappa shape index (κ3) is 4.25. The highest BCUT2D eigenvalue weighted by Crippen LogP contribution is 2.20. The molecule has 2 amide bonds. The van der Waals surface area contributed by atoms with Crippen LogP contribution < -0.4 is 16.2 Å². The van der Waals surface area contributed by atoms with Gasteiger partial charge in [-0.3, -0.25) is 15.6 Å². The van der Waals surface area contributed by atoms with Crippen molar-refractivity contribution in [3.8, 4) is 0 Å². The van der Waals surface area contributed by atoms with Crippen molar-refractivity contribution in [3.63, 3.8) is 0 Å². The minimum atomic E-state index is -1.26. The van der Waals surface area contributed by atoms with Crippen molar-refractivity contribution >= 4 is 17.7 Å². The Labute approximate surface area is 140 Å². The van der Waals surface area contributed by atoms with Gasteiger partial charge >= 0.3 is 6.09 Å². The van der Waals surface area contributed by atoms with E-state index in [-0.39, 0.29) is 0 Å². The Balaban J connectivity index is 2.16. The largest absolute Gasteiger partial charge is 0.465 e. The standard InChI is InChI=1S/C18H21N3O3/c1-3-13-11-7-8-12(2)15(13)20-21-17(22)16(19-18(23)24)14-9-5-4-6-10-14/h4-11,16,19-20H,3H2,1-2H3,(H,21,22)(H,23,24). The van der Waals surface area contributed by atoms with Crippen LogP contribution in [0.1, 0.15) is 29.7 Å². The average molecular weight is 327 g/mol. The molecule has 0 fully saturated rings. The van der Waals surface area contributed by atoms with Crippen LogP contribution in [-0.2, 0) is 11.2 Å². The van der Waals surface area contributed by atoms with Crippen LogP contribution in [0.5, 0.6) is 0 Å². The Bertz CT molecular complexity index is 717. The van der Waals surface area contributed by atoms with Gasteiger partial charge in [-0.25, -0.2) is 4.79 Å². The molecule has 2 aromatic rings. The number of hydrazine groups is 1. The molecular formula is C18H21N3O3. The van der Waals surface area contributed by atoms with Gasteiger partial charge in [0.05, 0.1) is 5.69 Å². The molecule has 0 saturated heterocycles. The van der Waals surface area contributed by atoms with E-state index in [4.69, 9.17) is 5.11 Å². The van der Waals surface area contributed by atoms with Crippen molar-refractivity contribution in [2.75, 3.05) is 5.43 Å². The monoisotopic (exact) mass is 327 g/mol. The Morgan fingerprint density at radius 3 is 2.42 bits per heavy atom. The number of hydrogen-bond acceptors (Lipinski definition) is 3. The molecule has 0 heterocycles. The lowest BCUT2D eigenvalue weighted by Crippen LogP contribution is -2.42. The third-order valence-electron chi connectivity index (χ3n) is 3.71. The van der Waals surface area contributed by atoms with Gasteiger partial charge in [-0.1, -0.05) is 55.5 Å². The van der Waals surface area contributed by atoms with E-state index < -0.39 is 18.0 Å². The first-order valence-corrected chi connectivity index (χ1v) is 7.71. The maximum atomic E-state index is 12.5. The fourth-order valence-corrected chi connectivity index (χ4v) is 2.47. The van der Waals surface area contributed by atoms with E-state index >= 15 is 0 Å². The molecule has 1 atom stereocenters. The quantitative estimate of drug-likeness (QED) is 0.614. The van der Waals surface area contributed by atoms with Crippen molar-refractivity contribution < 1.29 is 14.7 Å². The summed E-state index contributed by atoms with van der Waals surface area (Å²) in [7, 11) is 0. The lowest BCUT2D eigenvalue weighted by atomic mass is 10.1. The number of aryl methyl sites for hydroxylation is 2. The number of carbonyl (C=O) groups excluding carboxylic acids is 1. The Morgan fingerprint density at radius 1 is 1.08 bits per heavy atom.